The largest absolute Gasteiger partial charge is 0.491 e. The molecule has 1 atom stereocenters. The number of aliphatic hydroxyl groups is 2. The molecule has 0 fully saturated rings. The van der Waals surface area contributed by atoms with Crippen LogP contribution < -0.4 is 4.74 Å². The van der Waals surface area contributed by atoms with Crippen LogP contribution in [0.15, 0.2) is 30.5 Å². The highest BCUT2D eigenvalue weighted by Crippen LogP contribution is 2.44. The first-order valence-corrected chi connectivity index (χ1v) is 10.3. The zero-order valence-electron chi connectivity index (χ0n) is 18.2. The zero-order chi connectivity index (χ0) is 23.0. The van der Waals surface area contributed by atoms with Crippen LogP contribution in [-0.2, 0) is 5.41 Å². The molecule has 2 heterocycles. The molecule has 1 aliphatic rings. The second-order valence-electron chi connectivity index (χ2n) is 8.41. The summed E-state index contributed by atoms with van der Waals surface area (Å²) in [4.78, 5) is 16.9. The van der Waals surface area contributed by atoms with Crippen LogP contribution in [0.2, 0.25) is 0 Å². The van der Waals surface area contributed by atoms with Crippen LogP contribution in [0.1, 0.15) is 64.9 Å². The van der Waals surface area contributed by atoms with Gasteiger partial charge in [0.1, 0.15) is 18.5 Å². The maximum absolute atomic E-state index is 13.5. The quantitative estimate of drug-likeness (QED) is 0.449. The van der Waals surface area contributed by atoms with Crippen LogP contribution in [-0.4, -0.2) is 50.5 Å². The van der Waals surface area contributed by atoms with Crippen molar-refractivity contribution in [3.63, 3.8) is 0 Å². The number of hydrogen-bond donors (Lipinski definition) is 4. The first-order valence-electron chi connectivity index (χ1n) is 10.3. The summed E-state index contributed by atoms with van der Waals surface area (Å²) in [6.07, 6.45) is 8.48. The van der Waals surface area contributed by atoms with Gasteiger partial charge in [-0.05, 0) is 48.4 Å². The van der Waals surface area contributed by atoms with Gasteiger partial charge in [-0.3, -0.25) is 9.89 Å². The van der Waals surface area contributed by atoms with E-state index in [9.17, 15) is 9.90 Å². The number of terminal acetylenes is 1. The van der Waals surface area contributed by atoms with Crippen molar-refractivity contribution in [1.82, 2.24) is 15.2 Å². The van der Waals surface area contributed by atoms with E-state index in [4.69, 9.17) is 16.3 Å². The molecule has 7 nitrogen and oxygen atoms in total. The summed E-state index contributed by atoms with van der Waals surface area (Å²) in [6.45, 7) is 5.56. The van der Waals surface area contributed by atoms with E-state index in [2.05, 4.69) is 21.1 Å². The highest BCUT2D eigenvalue weighted by molar-refractivity contribution is 6.15. The number of nitrogens with zero attached hydrogens (tertiary/aromatic N) is 1. The van der Waals surface area contributed by atoms with Gasteiger partial charge in [0, 0.05) is 22.9 Å². The Morgan fingerprint density at radius 3 is 2.81 bits per heavy atom. The van der Waals surface area contributed by atoms with Crippen LogP contribution in [0.5, 0.6) is 5.75 Å². The minimum atomic E-state index is -0.971. The number of allylic oxidation sites excluding steroid dienone is 1. The van der Waals surface area contributed by atoms with Gasteiger partial charge in [0.2, 0.25) is 0 Å². The molecule has 1 aliphatic carbocycles. The summed E-state index contributed by atoms with van der Waals surface area (Å²) in [7, 11) is 0. The first kappa shape index (κ1) is 21.6. The SMILES string of the molecule is C#Cc1c(/C=C(\C)c2ccn[nH]2)[nH]c2c1C(=O)c1ccc(OC[C@H](O)CO)cc1C2(C)C. The predicted molar refractivity (Wildman–Crippen MR) is 121 cm³/mol. The van der Waals surface area contributed by atoms with Gasteiger partial charge in [-0.1, -0.05) is 19.8 Å². The van der Waals surface area contributed by atoms with E-state index in [0.717, 1.165) is 22.5 Å². The zero-order valence-corrected chi connectivity index (χ0v) is 18.2. The molecule has 32 heavy (non-hydrogen) atoms. The molecule has 2 aromatic heterocycles. The van der Waals surface area contributed by atoms with Gasteiger partial charge < -0.3 is 19.9 Å². The Bertz CT molecular complexity index is 1240. The number of ether oxygens (including phenoxy) is 1. The van der Waals surface area contributed by atoms with Gasteiger partial charge in [-0.25, -0.2) is 0 Å². The van der Waals surface area contributed by atoms with Crippen LogP contribution >= 0.6 is 0 Å². The third-order valence-electron chi connectivity index (χ3n) is 5.87. The van der Waals surface area contributed by atoms with Gasteiger partial charge in [0.05, 0.1) is 29.1 Å². The lowest BCUT2D eigenvalue weighted by Gasteiger charge is -2.32. The molecule has 4 N–H and O–H groups in total. The Morgan fingerprint density at radius 2 is 2.16 bits per heavy atom. The number of benzene rings is 1. The van der Waals surface area contributed by atoms with Gasteiger partial charge >= 0.3 is 0 Å². The average molecular weight is 431 g/mol. The average Bonchev–Trinajstić information content (AvgIpc) is 3.44. The molecule has 3 aromatic rings. The minimum Gasteiger partial charge on any atom is -0.491 e. The van der Waals surface area contributed by atoms with Crippen molar-refractivity contribution in [2.24, 2.45) is 0 Å². The summed E-state index contributed by atoms with van der Waals surface area (Å²) >= 11 is 0. The third kappa shape index (κ3) is 3.54. The molecule has 0 radical (unpaired) electrons. The fourth-order valence-electron chi connectivity index (χ4n) is 4.09. The molecular formula is C25H25N3O4. The van der Waals surface area contributed by atoms with Crippen molar-refractivity contribution in [1.29, 1.82) is 0 Å². The van der Waals surface area contributed by atoms with Gasteiger partial charge in [-0.2, -0.15) is 5.10 Å². The topological polar surface area (TPSA) is 111 Å². The highest BCUT2D eigenvalue weighted by atomic mass is 16.5. The Labute approximate surface area is 186 Å². The van der Waals surface area contributed by atoms with Crippen molar-refractivity contribution in [3.8, 4) is 18.1 Å². The Kier molecular flexibility index (Phi) is 5.51. The van der Waals surface area contributed by atoms with Crippen molar-refractivity contribution < 1.29 is 19.7 Å². The number of aromatic nitrogens is 3. The van der Waals surface area contributed by atoms with Gasteiger partial charge in [0.25, 0.3) is 0 Å². The van der Waals surface area contributed by atoms with Crippen molar-refractivity contribution in [3.05, 3.63) is 69.8 Å². The molecular weight excluding hydrogens is 406 g/mol. The summed E-state index contributed by atoms with van der Waals surface area (Å²) < 4.78 is 5.60. The second kappa shape index (κ2) is 8.15. The molecule has 7 heteroatoms. The minimum absolute atomic E-state index is 0.0412. The Balaban J connectivity index is 1.80. The van der Waals surface area contributed by atoms with Gasteiger partial charge in [-0.15, -0.1) is 6.42 Å². The summed E-state index contributed by atoms with van der Waals surface area (Å²) in [6, 6.07) is 7.08. The molecule has 0 bridgehead atoms. The Morgan fingerprint density at radius 1 is 1.38 bits per heavy atom. The van der Waals surface area contributed by atoms with E-state index < -0.39 is 11.5 Å². The number of carbonyl (C=O) groups is 1. The number of H-pyrrole nitrogens is 2. The van der Waals surface area contributed by atoms with Crippen LogP contribution in [0, 0.1) is 12.3 Å². The molecule has 0 saturated heterocycles. The van der Waals surface area contributed by atoms with Crippen molar-refractivity contribution in [2.75, 3.05) is 13.2 Å². The normalized spacial score (nSPS) is 15.6. The van der Waals surface area contributed by atoms with Crippen LogP contribution in [0.4, 0.5) is 0 Å². The van der Waals surface area contributed by atoms with Crippen molar-refractivity contribution >= 4 is 17.4 Å². The predicted octanol–water partition coefficient (Wildman–Crippen LogP) is 2.88. The number of hydrogen-bond acceptors (Lipinski definition) is 5. The van der Waals surface area contributed by atoms with Crippen molar-refractivity contribution in [2.45, 2.75) is 32.3 Å². The molecule has 0 amide bonds. The number of fused-ring (bicyclic) bond motifs is 2. The first-order chi connectivity index (χ1) is 15.3. The molecule has 1 aromatic carbocycles. The standard InChI is InChI=1S/C25H25N3O4/c1-5-17-21(10-14(2)20-8-9-26-28-20)27-24-22(17)23(31)18-7-6-16(32-13-15(30)12-29)11-19(18)25(24,3)4/h1,6-11,15,27,29-30H,12-13H2,2-4H3,(H,26,28)/b14-10+/t15-/m1/s1. The monoisotopic (exact) mass is 431 g/mol. The number of ketones is 1. The molecule has 0 aliphatic heterocycles. The number of nitrogens with one attached hydrogen (secondary N) is 2. The number of aromatic amines is 2. The van der Waals surface area contributed by atoms with Gasteiger partial charge in [0.15, 0.2) is 5.78 Å². The second-order valence-corrected chi connectivity index (χ2v) is 8.41. The summed E-state index contributed by atoms with van der Waals surface area (Å²) in [5.41, 5.74) is 5.10. The fraction of sp³-hybridized carbons (Fsp3) is 0.280. The van der Waals surface area contributed by atoms with E-state index in [1.54, 1.807) is 18.3 Å². The van der Waals surface area contributed by atoms with E-state index >= 15 is 0 Å². The summed E-state index contributed by atoms with van der Waals surface area (Å²) in [5, 5.41) is 25.5. The molecule has 0 spiro atoms. The maximum Gasteiger partial charge on any atom is 0.196 e. The lowest BCUT2D eigenvalue weighted by molar-refractivity contribution is 0.0535. The Hall–Kier alpha value is -3.60. The molecule has 0 unspecified atom stereocenters. The number of aliphatic hydroxyl groups excluding tert-OH is 2. The maximum atomic E-state index is 13.5. The summed E-state index contributed by atoms with van der Waals surface area (Å²) in [5.74, 6) is 3.08. The smallest absolute Gasteiger partial charge is 0.196 e. The molecule has 0 saturated carbocycles. The fourth-order valence-corrected chi connectivity index (χ4v) is 4.09. The van der Waals surface area contributed by atoms with Crippen LogP contribution in [0.25, 0.3) is 11.6 Å². The molecule has 4 rings (SSSR count). The highest BCUT2D eigenvalue weighted by Gasteiger charge is 2.40. The van der Waals surface area contributed by atoms with E-state index in [1.807, 2.05) is 39.0 Å². The lowest BCUT2D eigenvalue weighted by Crippen LogP contribution is -2.30. The molecule has 164 valence electrons. The van der Waals surface area contributed by atoms with E-state index in [0.29, 0.717) is 28.1 Å². The third-order valence-corrected chi connectivity index (χ3v) is 5.87. The lowest BCUT2D eigenvalue weighted by atomic mass is 9.71. The van der Waals surface area contributed by atoms with E-state index in [1.165, 1.54) is 0 Å². The number of carbonyl (C=O) groups excluding carboxylic acids is 1. The van der Waals surface area contributed by atoms with E-state index in [-0.39, 0.29) is 19.0 Å². The van der Waals surface area contributed by atoms with Crippen LogP contribution in [0.3, 0.4) is 0 Å². The number of rotatable bonds is 6.